The van der Waals surface area contributed by atoms with Crippen LogP contribution in [0.25, 0.3) is 0 Å². The molecule has 2 aromatic carbocycles. The van der Waals surface area contributed by atoms with Crippen molar-refractivity contribution in [2.45, 2.75) is 70.6 Å². The van der Waals surface area contributed by atoms with E-state index in [0.29, 0.717) is 17.1 Å². The zero-order valence-corrected chi connectivity index (χ0v) is 24.1. The highest BCUT2D eigenvalue weighted by Gasteiger charge is 2.36. The molecule has 0 amide bonds. The molecule has 2 atom stereocenters. The first-order valence-electron chi connectivity index (χ1n) is 14.4. The second-order valence-electron chi connectivity index (χ2n) is 11.3. The Hall–Kier alpha value is -1.99. The molecular weight excluding hydrogens is 498 g/mol. The molecule has 0 spiro atoms. The quantitative estimate of drug-likeness (QED) is 0.439. The van der Waals surface area contributed by atoms with Crippen LogP contribution in [0, 0.1) is 13.8 Å². The van der Waals surface area contributed by atoms with E-state index in [2.05, 4.69) is 52.8 Å². The molecule has 5 rings (SSSR count). The third kappa shape index (κ3) is 6.09. The summed E-state index contributed by atoms with van der Waals surface area (Å²) in [6, 6.07) is 11.7. The van der Waals surface area contributed by atoms with E-state index in [1.807, 2.05) is 6.07 Å². The van der Waals surface area contributed by atoms with Gasteiger partial charge in [0.05, 0.1) is 24.8 Å². The summed E-state index contributed by atoms with van der Waals surface area (Å²) in [7, 11) is 1.68. The number of aliphatic hydroxyl groups is 1. The van der Waals surface area contributed by atoms with Crippen LogP contribution in [0.3, 0.4) is 0 Å². The normalized spacial score (nSPS) is 23.3. The molecule has 3 saturated heterocycles. The van der Waals surface area contributed by atoms with Gasteiger partial charge in [0.25, 0.3) is 0 Å². The van der Waals surface area contributed by atoms with Crippen molar-refractivity contribution in [2.24, 2.45) is 0 Å². The van der Waals surface area contributed by atoms with Gasteiger partial charge in [-0.3, -0.25) is 4.90 Å². The van der Waals surface area contributed by atoms with Crippen LogP contribution in [0.1, 0.15) is 61.3 Å². The van der Waals surface area contributed by atoms with Gasteiger partial charge in [-0.2, -0.15) is 0 Å². The van der Waals surface area contributed by atoms with E-state index in [0.717, 1.165) is 76.6 Å². The Balaban J connectivity index is 1.20. The topological polar surface area (TPSA) is 48.4 Å². The first-order chi connectivity index (χ1) is 18.4. The number of rotatable bonds is 8. The van der Waals surface area contributed by atoms with E-state index in [-0.39, 0.29) is 6.10 Å². The van der Waals surface area contributed by atoms with Gasteiger partial charge in [0, 0.05) is 63.1 Å². The summed E-state index contributed by atoms with van der Waals surface area (Å²) in [6.45, 7) is 11.4. The molecule has 0 bridgehead atoms. The predicted octanol–water partition coefficient (Wildman–Crippen LogP) is 5.61. The van der Waals surface area contributed by atoms with Crippen LogP contribution >= 0.6 is 11.6 Å². The maximum absolute atomic E-state index is 9.70. The second kappa shape index (κ2) is 12.5. The Kier molecular flexibility index (Phi) is 9.04. The highest BCUT2D eigenvalue weighted by Crippen LogP contribution is 2.40. The minimum Gasteiger partial charge on any atom is -0.495 e. The van der Waals surface area contributed by atoms with Gasteiger partial charge < -0.3 is 24.4 Å². The summed E-state index contributed by atoms with van der Waals surface area (Å²) in [6.07, 6.45) is 6.42. The highest BCUT2D eigenvalue weighted by atomic mass is 35.5. The van der Waals surface area contributed by atoms with Gasteiger partial charge in [-0.1, -0.05) is 17.7 Å². The molecule has 3 aliphatic heterocycles. The summed E-state index contributed by atoms with van der Waals surface area (Å²) in [5, 5.41) is 10.4. The van der Waals surface area contributed by atoms with Gasteiger partial charge in [-0.15, -0.1) is 0 Å². The van der Waals surface area contributed by atoms with Gasteiger partial charge in [0.2, 0.25) is 0 Å². The standard InChI is InChI=1S/C31H44ClN3O3/c1-22-23(2)30(38-19-5-14-33-15-12-26(36)13-16-33)11-9-27(22)29-7-4-6-25-21-34(17-18-35(25)29)24-8-10-28(32)31(20-24)37-3/h8-11,20,25-26,29,36H,4-7,12-19,21H2,1-3H3/t25-,29+/m0/s1. The van der Waals surface area contributed by atoms with Gasteiger partial charge in [0.15, 0.2) is 0 Å². The molecule has 208 valence electrons. The summed E-state index contributed by atoms with van der Waals surface area (Å²) < 4.78 is 11.7. The first kappa shape index (κ1) is 27.6. The Morgan fingerprint density at radius 2 is 1.76 bits per heavy atom. The average Bonchev–Trinajstić information content (AvgIpc) is 2.94. The monoisotopic (exact) mass is 541 g/mol. The average molecular weight is 542 g/mol. The third-order valence-electron chi connectivity index (χ3n) is 9.02. The Morgan fingerprint density at radius 1 is 0.947 bits per heavy atom. The Morgan fingerprint density at radius 3 is 2.55 bits per heavy atom. The third-order valence-corrected chi connectivity index (χ3v) is 9.33. The van der Waals surface area contributed by atoms with Gasteiger partial charge in [-0.25, -0.2) is 0 Å². The lowest BCUT2D eigenvalue weighted by Gasteiger charge is -2.49. The SMILES string of the molecule is COc1cc(N2CCN3[C@@H](CCC[C@@H]3c3ccc(OCCCN4CCC(O)CC4)c(C)c3C)C2)ccc1Cl. The maximum atomic E-state index is 9.70. The number of likely N-dealkylation sites (tertiary alicyclic amines) is 1. The van der Waals surface area contributed by atoms with Crippen molar-refractivity contribution in [3.8, 4) is 11.5 Å². The van der Waals surface area contributed by atoms with Crippen molar-refractivity contribution in [2.75, 3.05) is 57.9 Å². The number of hydrogen-bond donors (Lipinski definition) is 1. The highest BCUT2D eigenvalue weighted by molar-refractivity contribution is 6.32. The molecule has 1 N–H and O–H groups in total. The minimum absolute atomic E-state index is 0.109. The number of aliphatic hydroxyl groups excluding tert-OH is 1. The molecule has 3 fully saturated rings. The molecule has 3 aliphatic rings. The smallest absolute Gasteiger partial charge is 0.139 e. The fraction of sp³-hybridized carbons (Fsp3) is 0.613. The number of anilines is 1. The lowest BCUT2D eigenvalue weighted by molar-refractivity contribution is 0.0712. The Labute approximate surface area is 233 Å². The number of fused-ring (bicyclic) bond motifs is 1. The van der Waals surface area contributed by atoms with E-state index in [4.69, 9.17) is 21.1 Å². The summed E-state index contributed by atoms with van der Waals surface area (Å²) in [5.41, 5.74) is 5.31. The molecule has 6 nitrogen and oxygen atoms in total. The molecular formula is C31H44ClN3O3. The number of piperazine rings is 1. The van der Waals surface area contributed by atoms with Crippen LogP contribution in [0.2, 0.25) is 5.02 Å². The summed E-state index contributed by atoms with van der Waals surface area (Å²) in [4.78, 5) is 7.69. The molecule has 0 aromatic heterocycles. The minimum atomic E-state index is -0.109. The molecule has 2 aromatic rings. The van der Waals surface area contributed by atoms with Crippen LogP contribution < -0.4 is 14.4 Å². The number of nitrogens with zero attached hydrogens (tertiary/aromatic N) is 3. The number of benzene rings is 2. The van der Waals surface area contributed by atoms with Gasteiger partial charge in [-0.05, 0) is 87.3 Å². The maximum Gasteiger partial charge on any atom is 0.139 e. The number of piperidine rings is 2. The Bertz CT molecular complexity index is 1090. The summed E-state index contributed by atoms with van der Waals surface area (Å²) in [5.74, 6) is 1.77. The van der Waals surface area contributed by atoms with E-state index >= 15 is 0 Å². The number of hydrogen-bond acceptors (Lipinski definition) is 6. The van der Waals surface area contributed by atoms with Crippen LogP contribution in [-0.4, -0.2) is 80.0 Å². The first-order valence-corrected chi connectivity index (χ1v) is 14.8. The largest absolute Gasteiger partial charge is 0.495 e. The molecule has 38 heavy (non-hydrogen) atoms. The lowest BCUT2D eigenvalue weighted by atomic mass is 9.86. The molecule has 0 saturated carbocycles. The molecule has 7 heteroatoms. The number of ether oxygens (including phenoxy) is 2. The van der Waals surface area contributed by atoms with E-state index in [1.165, 1.54) is 41.6 Å². The zero-order chi connectivity index (χ0) is 26.6. The van der Waals surface area contributed by atoms with E-state index < -0.39 is 0 Å². The molecule has 3 heterocycles. The molecule has 0 aliphatic carbocycles. The van der Waals surface area contributed by atoms with Crippen molar-refractivity contribution in [1.82, 2.24) is 9.80 Å². The fourth-order valence-electron chi connectivity index (χ4n) is 6.61. The van der Waals surface area contributed by atoms with Gasteiger partial charge >= 0.3 is 0 Å². The van der Waals surface area contributed by atoms with Crippen molar-refractivity contribution in [3.63, 3.8) is 0 Å². The summed E-state index contributed by atoms with van der Waals surface area (Å²) >= 11 is 6.27. The lowest BCUT2D eigenvalue weighted by Crippen LogP contribution is -2.56. The predicted molar refractivity (Wildman–Crippen MR) is 155 cm³/mol. The van der Waals surface area contributed by atoms with Gasteiger partial charge in [0.1, 0.15) is 11.5 Å². The van der Waals surface area contributed by atoms with Crippen LogP contribution in [-0.2, 0) is 0 Å². The van der Waals surface area contributed by atoms with Crippen LogP contribution in [0.5, 0.6) is 11.5 Å². The molecule has 0 unspecified atom stereocenters. The van der Waals surface area contributed by atoms with E-state index in [9.17, 15) is 5.11 Å². The zero-order valence-electron chi connectivity index (χ0n) is 23.3. The van der Waals surface area contributed by atoms with Crippen molar-refractivity contribution < 1.29 is 14.6 Å². The van der Waals surface area contributed by atoms with E-state index in [1.54, 1.807) is 7.11 Å². The van der Waals surface area contributed by atoms with Crippen molar-refractivity contribution >= 4 is 17.3 Å². The van der Waals surface area contributed by atoms with Crippen molar-refractivity contribution in [1.29, 1.82) is 0 Å². The molecule has 0 radical (unpaired) electrons. The number of methoxy groups -OCH3 is 1. The van der Waals surface area contributed by atoms with Crippen molar-refractivity contribution in [3.05, 3.63) is 52.0 Å². The van der Waals surface area contributed by atoms with Crippen LogP contribution in [0.15, 0.2) is 30.3 Å². The second-order valence-corrected chi connectivity index (χ2v) is 11.7. The van der Waals surface area contributed by atoms with Crippen LogP contribution in [0.4, 0.5) is 5.69 Å². The number of halogens is 1. The fourth-order valence-corrected chi connectivity index (χ4v) is 6.81.